The van der Waals surface area contributed by atoms with Crippen LogP contribution >= 0.6 is 0 Å². The van der Waals surface area contributed by atoms with Gasteiger partial charge in [-0.2, -0.15) is 0 Å². The van der Waals surface area contributed by atoms with Crippen LogP contribution in [-0.2, 0) is 0 Å². The molecule has 0 amide bonds. The van der Waals surface area contributed by atoms with Gasteiger partial charge in [-0.05, 0) is 31.9 Å². The highest BCUT2D eigenvalue weighted by atomic mass is 15.0. The van der Waals surface area contributed by atoms with Gasteiger partial charge in [-0.25, -0.2) is 9.97 Å². The van der Waals surface area contributed by atoms with Crippen molar-refractivity contribution in [2.45, 2.75) is 33.6 Å². The van der Waals surface area contributed by atoms with E-state index in [0.29, 0.717) is 5.92 Å². The lowest BCUT2D eigenvalue weighted by Gasteiger charge is -2.16. The molecule has 2 rings (SSSR count). The van der Waals surface area contributed by atoms with Crippen molar-refractivity contribution in [3.8, 4) is 11.3 Å². The molecule has 0 saturated carbocycles. The molecule has 0 fully saturated rings. The molecule has 1 aromatic carbocycles. The van der Waals surface area contributed by atoms with Crippen LogP contribution in [0.25, 0.3) is 11.3 Å². The molecule has 0 unspecified atom stereocenters. The molecular formula is C16H21N3. The Morgan fingerprint density at radius 2 is 1.63 bits per heavy atom. The fourth-order valence-electron chi connectivity index (χ4n) is 2.48. The van der Waals surface area contributed by atoms with Gasteiger partial charge in [0.15, 0.2) is 0 Å². The standard InChI is InChI=1S/C16H21N3/c1-10(2)14-15(18-9-19-16(14)17-5)13-7-11(3)6-12(4)8-13/h6-10H,1-5H3,(H,17,18,19). The van der Waals surface area contributed by atoms with Crippen LogP contribution in [0.2, 0.25) is 0 Å². The lowest BCUT2D eigenvalue weighted by molar-refractivity contribution is 0.852. The Morgan fingerprint density at radius 1 is 1.00 bits per heavy atom. The van der Waals surface area contributed by atoms with Gasteiger partial charge in [0.1, 0.15) is 12.1 Å². The zero-order chi connectivity index (χ0) is 14.0. The first-order valence-corrected chi connectivity index (χ1v) is 6.64. The van der Waals surface area contributed by atoms with E-state index in [9.17, 15) is 0 Å². The van der Waals surface area contributed by atoms with Crippen LogP contribution in [0.1, 0.15) is 36.5 Å². The molecule has 3 nitrogen and oxygen atoms in total. The number of nitrogens with zero attached hydrogens (tertiary/aromatic N) is 2. The Balaban J connectivity index is 2.67. The van der Waals surface area contributed by atoms with Crippen molar-refractivity contribution in [2.24, 2.45) is 0 Å². The summed E-state index contributed by atoms with van der Waals surface area (Å²) in [7, 11) is 1.90. The molecule has 0 radical (unpaired) electrons. The molecule has 0 bridgehead atoms. The summed E-state index contributed by atoms with van der Waals surface area (Å²) in [5.41, 5.74) is 5.89. The molecular weight excluding hydrogens is 234 g/mol. The topological polar surface area (TPSA) is 37.8 Å². The quantitative estimate of drug-likeness (QED) is 0.903. The highest BCUT2D eigenvalue weighted by Gasteiger charge is 2.15. The first kappa shape index (κ1) is 13.5. The third-order valence-corrected chi connectivity index (χ3v) is 3.19. The minimum atomic E-state index is 0.375. The first-order chi connectivity index (χ1) is 9.02. The highest BCUT2D eigenvalue weighted by Crippen LogP contribution is 2.32. The number of benzene rings is 1. The second-order valence-corrected chi connectivity index (χ2v) is 5.27. The van der Waals surface area contributed by atoms with Crippen molar-refractivity contribution in [3.63, 3.8) is 0 Å². The molecule has 1 aromatic heterocycles. The molecule has 19 heavy (non-hydrogen) atoms. The number of rotatable bonds is 3. The summed E-state index contributed by atoms with van der Waals surface area (Å²) in [6.07, 6.45) is 1.63. The summed E-state index contributed by atoms with van der Waals surface area (Å²) in [6, 6.07) is 6.54. The minimum Gasteiger partial charge on any atom is -0.373 e. The Kier molecular flexibility index (Phi) is 3.84. The van der Waals surface area contributed by atoms with Crippen LogP contribution in [0.3, 0.4) is 0 Å². The summed E-state index contributed by atoms with van der Waals surface area (Å²) in [4.78, 5) is 8.84. The molecule has 1 N–H and O–H groups in total. The normalized spacial score (nSPS) is 10.8. The zero-order valence-corrected chi connectivity index (χ0v) is 12.3. The second-order valence-electron chi connectivity index (χ2n) is 5.27. The Morgan fingerprint density at radius 3 is 2.16 bits per heavy atom. The van der Waals surface area contributed by atoms with Gasteiger partial charge < -0.3 is 5.32 Å². The minimum absolute atomic E-state index is 0.375. The van der Waals surface area contributed by atoms with Crippen molar-refractivity contribution in [1.29, 1.82) is 0 Å². The van der Waals surface area contributed by atoms with Crippen molar-refractivity contribution < 1.29 is 0 Å². The summed E-state index contributed by atoms with van der Waals surface area (Å²) in [6.45, 7) is 8.58. The number of hydrogen-bond acceptors (Lipinski definition) is 3. The fraction of sp³-hybridized carbons (Fsp3) is 0.375. The molecule has 1 heterocycles. The van der Waals surface area contributed by atoms with Crippen molar-refractivity contribution in [2.75, 3.05) is 12.4 Å². The van der Waals surface area contributed by atoms with Crippen LogP contribution in [0, 0.1) is 13.8 Å². The smallest absolute Gasteiger partial charge is 0.133 e. The van der Waals surface area contributed by atoms with Crippen LogP contribution in [0.4, 0.5) is 5.82 Å². The predicted octanol–water partition coefficient (Wildman–Crippen LogP) is 3.93. The molecule has 0 saturated heterocycles. The molecule has 0 aliphatic rings. The third-order valence-electron chi connectivity index (χ3n) is 3.19. The summed E-state index contributed by atoms with van der Waals surface area (Å²) < 4.78 is 0. The number of aryl methyl sites for hydroxylation is 2. The number of nitrogens with one attached hydrogen (secondary N) is 1. The van der Waals surface area contributed by atoms with E-state index in [-0.39, 0.29) is 0 Å². The van der Waals surface area contributed by atoms with Gasteiger partial charge in [-0.3, -0.25) is 0 Å². The van der Waals surface area contributed by atoms with E-state index in [0.717, 1.165) is 11.5 Å². The predicted molar refractivity (Wildman–Crippen MR) is 80.6 cm³/mol. The maximum Gasteiger partial charge on any atom is 0.133 e. The molecule has 0 aliphatic heterocycles. The Bertz CT molecular complexity index is 568. The van der Waals surface area contributed by atoms with Gasteiger partial charge in [0, 0.05) is 18.2 Å². The molecule has 0 aliphatic carbocycles. The van der Waals surface area contributed by atoms with Crippen molar-refractivity contribution in [1.82, 2.24) is 9.97 Å². The molecule has 3 heteroatoms. The van der Waals surface area contributed by atoms with E-state index >= 15 is 0 Å². The Hall–Kier alpha value is -1.90. The summed E-state index contributed by atoms with van der Waals surface area (Å²) >= 11 is 0. The van der Waals surface area contributed by atoms with Crippen molar-refractivity contribution >= 4 is 5.82 Å². The maximum absolute atomic E-state index is 4.51. The fourth-order valence-corrected chi connectivity index (χ4v) is 2.48. The summed E-state index contributed by atoms with van der Waals surface area (Å²) in [5, 5.41) is 3.17. The average Bonchev–Trinajstić information content (AvgIpc) is 2.36. The van der Waals surface area contributed by atoms with Gasteiger partial charge in [0.2, 0.25) is 0 Å². The number of anilines is 1. The molecule has 100 valence electrons. The van der Waals surface area contributed by atoms with Crippen LogP contribution in [0.15, 0.2) is 24.5 Å². The van der Waals surface area contributed by atoms with Gasteiger partial charge in [0.25, 0.3) is 0 Å². The number of hydrogen-bond donors (Lipinski definition) is 1. The highest BCUT2D eigenvalue weighted by molar-refractivity contribution is 5.70. The van der Waals surface area contributed by atoms with E-state index in [2.05, 4.69) is 61.2 Å². The van der Waals surface area contributed by atoms with E-state index in [1.54, 1.807) is 6.33 Å². The monoisotopic (exact) mass is 255 g/mol. The van der Waals surface area contributed by atoms with Gasteiger partial charge in [-0.1, -0.05) is 31.0 Å². The van der Waals surface area contributed by atoms with E-state index in [1.807, 2.05) is 7.05 Å². The Labute approximate surface area is 115 Å². The number of aromatic nitrogens is 2. The second kappa shape index (κ2) is 5.39. The van der Waals surface area contributed by atoms with Crippen molar-refractivity contribution in [3.05, 3.63) is 41.2 Å². The van der Waals surface area contributed by atoms with Gasteiger partial charge in [0.05, 0.1) is 5.69 Å². The SMILES string of the molecule is CNc1ncnc(-c2cc(C)cc(C)c2)c1C(C)C. The lowest BCUT2D eigenvalue weighted by atomic mass is 9.95. The van der Waals surface area contributed by atoms with Gasteiger partial charge >= 0.3 is 0 Å². The van der Waals surface area contributed by atoms with E-state index in [1.165, 1.54) is 22.3 Å². The zero-order valence-electron chi connectivity index (χ0n) is 12.3. The average molecular weight is 255 g/mol. The lowest BCUT2D eigenvalue weighted by Crippen LogP contribution is -2.04. The maximum atomic E-state index is 4.51. The largest absolute Gasteiger partial charge is 0.373 e. The summed E-state index contributed by atoms with van der Waals surface area (Å²) in [5.74, 6) is 1.29. The van der Waals surface area contributed by atoms with Crippen LogP contribution in [-0.4, -0.2) is 17.0 Å². The molecule has 0 spiro atoms. The first-order valence-electron chi connectivity index (χ1n) is 6.64. The van der Waals surface area contributed by atoms with Crippen LogP contribution < -0.4 is 5.32 Å². The van der Waals surface area contributed by atoms with Gasteiger partial charge in [-0.15, -0.1) is 0 Å². The van der Waals surface area contributed by atoms with E-state index in [4.69, 9.17) is 0 Å². The third kappa shape index (κ3) is 2.75. The van der Waals surface area contributed by atoms with E-state index < -0.39 is 0 Å². The van der Waals surface area contributed by atoms with Crippen LogP contribution in [0.5, 0.6) is 0 Å². The molecule has 0 atom stereocenters. The molecule has 2 aromatic rings.